The van der Waals surface area contributed by atoms with E-state index in [0.29, 0.717) is 6.61 Å². The van der Waals surface area contributed by atoms with E-state index in [0.717, 1.165) is 25.1 Å². The molecular formula is C20H23NO2. The van der Waals surface area contributed by atoms with Crippen molar-refractivity contribution in [3.63, 3.8) is 0 Å². The van der Waals surface area contributed by atoms with E-state index in [2.05, 4.69) is 42.2 Å². The highest BCUT2D eigenvalue weighted by Crippen LogP contribution is 2.36. The first-order chi connectivity index (χ1) is 11.3. The van der Waals surface area contributed by atoms with Gasteiger partial charge < -0.3 is 15.2 Å². The molecular weight excluding hydrogens is 286 g/mol. The van der Waals surface area contributed by atoms with Crippen molar-refractivity contribution >= 4 is 0 Å². The standard InChI is InChI=1S/C20H23NO2/c1-2-13-23-18-9-7-16(8-10-18)14-21-20(15-22)12-11-17-5-3-4-6-19(17)20/h2-10,21-22H,1,11-15H2. The minimum Gasteiger partial charge on any atom is -0.490 e. The van der Waals surface area contributed by atoms with Gasteiger partial charge in [0.25, 0.3) is 0 Å². The maximum atomic E-state index is 9.99. The summed E-state index contributed by atoms with van der Waals surface area (Å²) in [4.78, 5) is 0. The van der Waals surface area contributed by atoms with Crippen molar-refractivity contribution in [1.82, 2.24) is 5.32 Å². The molecule has 1 aliphatic rings. The summed E-state index contributed by atoms with van der Waals surface area (Å²) in [5.41, 5.74) is 3.41. The second-order valence-corrected chi connectivity index (χ2v) is 5.99. The molecule has 3 nitrogen and oxygen atoms in total. The van der Waals surface area contributed by atoms with Crippen LogP contribution in [0.15, 0.2) is 61.2 Å². The molecule has 0 aliphatic heterocycles. The average Bonchev–Trinajstić information content (AvgIpc) is 2.98. The van der Waals surface area contributed by atoms with Crippen LogP contribution >= 0.6 is 0 Å². The molecule has 23 heavy (non-hydrogen) atoms. The molecule has 0 saturated heterocycles. The summed E-state index contributed by atoms with van der Waals surface area (Å²) in [6, 6.07) is 16.4. The highest BCUT2D eigenvalue weighted by atomic mass is 16.5. The molecule has 0 bridgehead atoms. The van der Waals surface area contributed by atoms with Gasteiger partial charge in [-0.15, -0.1) is 0 Å². The summed E-state index contributed by atoms with van der Waals surface area (Å²) < 4.78 is 5.50. The Bertz CT molecular complexity index is 666. The zero-order valence-electron chi connectivity index (χ0n) is 13.3. The van der Waals surface area contributed by atoms with Gasteiger partial charge in [-0.2, -0.15) is 0 Å². The van der Waals surface area contributed by atoms with E-state index in [1.807, 2.05) is 18.2 Å². The molecule has 120 valence electrons. The Morgan fingerprint density at radius 2 is 1.96 bits per heavy atom. The van der Waals surface area contributed by atoms with Gasteiger partial charge in [0.1, 0.15) is 12.4 Å². The maximum absolute atomic E-state index is 9.99. The topological polar surface area (TPSA) is 41.5 Å². The third-order valence-electron chi connectivity index (χ3n) is 4.55. The van der Waals surface area contributed by atoms with Gasteiger partial charge in [-0.05, 0) is 41.7 Å². The molecule has 0 amide bonds. The van der Waals surface area contributed by atoms with Crippen molar-refractivity contribution in [2.45, 2.75) is 24.9 Å². The predicted octanol–water partition coefficient (Wildman–Crippen LogP) is 3.18. The van der Waals surface area contributed by atoms with Gasteiger partial charge in [0, 0.05) is 6.54 Å². The van der Waals surface area contributed by atoms with E-state index in [1.54, 1.807) is 6.08 Å². The van der Waals surface area contributed by atoms with Gasteiger partial charge in [-0.1, -0.05) is 49.1 Å². The molecule has 1 unspecified atom stereocenters. The highest BCUT2D eigenvalue weighted by Gasteiger charge is 2.37. The number of rotatable bonds is 7. The third kappa shape index (κ3) is 3.31. The van der Waals surface area contributed by atoms with Crippen LogP contribution in [0.1, 0.15) is 23.1 Å². The molecule has 2 aromatic carbocycles. The van der Waals surface area contributed by atoms with Gasteiger partial charge in [0.15, 0.2) is 0 Å². The minimum absolute atomic E-state index is 0.116. The molecule has 2 N–H and O–H groups in total. The first kappa shape index (κ1) is 15.8. The van der Waals surface area contributed by atoms with Crippen LogP contribution in [-0.2, 0) is 18.5 Å². The van der Waals surface area contributed by atoms with Crippen molar-refractivity contribution in [3.05, 3.63) is 77.9 Å². The number of hydrogen-bond acceptors (Lipinski definition) is 3. The molecule has 3 heteroatoms. The first-order valence-electron chi connectivity index (χ1n) is 8.04. The Morgan fingerprint density at radius 1 is 1.17 bits per heavy atom. The summed E-state index contributed by atoms with van der Waals surface area (Å²) in [5.74, 6) is 0.844. The first-order valence-corrected chi connectivity index (χ1v) is 8.04. The highest BCUT2D eigenvalue weighted by molar-refractivity contribution is 5.39. The number of hydrogen-bond donors (Lipinski definition) is 2. The Morgan fingerprint density at radius 3 is 2.70 bits per heavy atom. The van der Waals surface area contributed by atoms with Gasteiger partial charge in [-0.3, -0.25) is 0 Å². The van der Waals surface area contributed by atoms with Crippen molar-refractivity contribution in [1.29, 1.82) is 0 Å². The Labute approximate surface area is 137 Å². The van der Waals surface area contributed by atoms with Gasteiger partial charge >= 0.3 is 0 Å². The molecule has 0 aromatic heterocycles. The lowest BCUT2D eigenvalue weighted by Crippen LogP contribution is -2.43. The quantitative estimate of drug-likeness (QED) is 0.772. The second-order valence-electron chi connectivity index (χ2n) is 5.99. The number of aliphatic hydroxyl groups is 1. The third-order valence-corrected chi connectivity index (χ3v) is 4.55. The van der Waals surface area contributed by atoms with Crippen LogP contribution in [0.3, 0.4) is 0 Å². The fourth-order valence-corrected chi connectivity index (χ4v) is 3.22. The predicted molar refractivity (Wildman–Crippen MR) is 92.5 cm³/mol. The molecule has 0 saturated carbocycles. The van der Waals surface area contributed by atoms with Crippen LogP contribution in [0, 0.1) is 0 Å². The molecule has 1 atom stereocenters. The molecule has 0 heterocycles. The lowest BCUT2D eigenvalue weighted by Gasteiger charge is -2.30. The fraction of sp³-hybridized carbons (Fsp3) is 0.300. The van der Waals surface area contributed by atoms with Crippen LogP contribution in [0.4, 0.5) is 0 Å². The summed E-state index contributed by atoms with van der Waals surface area (Å²) in [6.45, 7) is 4.99. The summed E-state index contributed by atoms with van der Waals surface area (Å²) in [6.07, 6.45) is 3.68. The Balaban J connectivity index is 1.68. The van der Waals surface area contributed by atoms with Crippen LogP contribution in [0.2, 0.25) is 0 Å². The minimum atomic E-state index is -0.325. The Hall–Kier alpha value is -2.10. The molecule has 3 rings (SSSR count). The molecule has 0 fully saturated rings. The number of aryl methyl sites for hydroxylation is 1. The van der Waals surface area contributed by atoms with Crippen LogP contribution in [0.5, 0.6) is 5.75 Å². The maximum Gasteiger partial charge on any atom is 0.119 e. The summed E-state index contributed by atoms with van der Waals surface area (Å²) >= 11 is 0. The van der Waals surface area contributed by atoms with E-state index in [9.17, 15) is 5.11 Å². The lowest BCUT2D eigenvalue weighted by atomic mass is 9.92. The molecule has 0 radical (unpaired) electrons. The fourth-order valence-electron chi connectivity index (χ4n) is 3.22. The van der Waals surface area contributed by atoms with E-state index < -0.39 is 0 Å². The van der Waals surface area contributed by atoms with E-state index >= 15 is 0 Å². The normalized spacial score (nSPS) is 19.3. The monoisotopic (exact) mass is 309 g/mol. The number of nitrogens with one attached hydrogen (secondary N) is 1. The van der Waals surface area contributed by atoms with Gasteiger partial charge in [0.2, 0.25) is 0 Å². The van der Waals surface area contributed by atoms with E-state index in [1.165, 1.54) is 16.7 Å². The van der Waals surface area contributed by atoms with E-state index in [-0.39, 0.29) is 12.1 Å². The van der Waals surface area contributed by atoms with Crippen LogP contribution < -0.4 is 10.1 Å². The zero-order valence-corrected chi connectivity index (χ0v) is 13.3. The molecule has 0 spiro atoms. The molecule has 1 aliphatic carbocycles. The van der Waals surface area contributed by atoms with Gasteiger partial charge in [0.05, 0.1) is 12.1 Å². The number of fused-ring (bicyclic) bond motifs is 1. The second kappa shape index (κ2) is 6.99. The Kier molecular flexibility index (Phi) is 4.79. The zero-order chi connectivity index (χ0) is 16.1. The van der Waals surface area contributed by atoms with Crippen LogP contribution in [0.25, 0.3) is 0 Å². The summed E-state index contributed by atoms with van der Waals surface area (Å²) in [5, 5.41) is 13.6. The van der Waals surface area contributed by atoms with Crippen molar-refractivity contribution < 1.29 is 9.84 Å². The molecule has 2 aromatic rings. The largest absolute Gasteiger partial charge is 0.490 e. The number of ether oxygens (including phenoxy) is 1. The van der Waals surface area contributed by atoms with Crippen LogP contribution in [-0.4, -0.2) is 18.3 Å². The average molecular weight is 309 g/mol. The lowest BCUT2D eigenvalue weighted by molar-refractivity contribution is 0.159. The van der Waals surface area contributed by atoms with Crippen molar-refractivity contribution in [2.24, 2.45) is 0 Å². The van der Waals surface area contributed by atoms with Crippen molar-refractivity contribution in [2.75, 3.05) is 13.2 Å². The smallest absolute Gasteiger partial charge is 0.119 e. The van der Waals surface area contributed by atoms with Crippen molar-refractivity contribution in [3.8, 4) is 5.75 Å². The van der Waals surface area contributed by atoms with Gasteiger partial charge in [-0.25, -0.2) is 0 Å². The van der Waals surface area contributed by atoms with E-state index in [4.69, 9.17) is 4.74 Å². The number of benzene rings is 2. The SMILES string of the molecule is C=CCOc1ccc(CNC2(CO)CCc3ccccc32)cc1. The number of aliphatic hydroxyl groups excluding tert-OH is 1. The summed E-state index contributed by atoms with van der Waals surface area (Å²) in [7, 11) is 0.